The van der Waals surface area contributed by atoms with Crippen molar-refractivity contribution in [3.05, 3.63) is 42.7 Å². The summed E-state index contributed by atoms with van der Waals surface area (Å²) >= 11 is 0. The summed E-state index contributed by atoms with van der Waals surface area (Å²) in [5, 5.41) is 2.86. The third kappa shape index (κ3) is 3.18. The predicted molar refractivity (Wildman–Crippen MR) is 86.0 cm³/mol. The lowest BCUT2D eigenvalue weighted by Crippen LogP contribution is -2.51. The van der Waals surface area contributed by atoms with E-state index in [1.165, 1.54) is 0 Å². The van der Waals surface area contributed by atoms with Crippen LogP contribution in [0.15, 0.2) is 41.6 Å². The van der Waals surface area contributed by atoms with Gasteiger partial charge in [-0.15, -0.1) is 0 Å². The lowest BCUT2D eigenvalue weighted by Gasteiger charge is -2.40. The molecule has 2 aliphatic rings. The molecule has 0 saturated carbocycles. The van der Waals surface area contributed by atoms with Crippen molar-refractivity contribution in [1.82, 2.24) is 14.9 Å². The highest BCUT2D eigenvalue weighted by molar-refractivity contribution is 5.91. The fourth-order valence-corrected chi connectivity index (χ4v) is 3.63. The van der Waals surface area contributed by atoms with Gasteiger partial charge in [-0.3, -0.25) is 14.7 Å². The summed E-state index contributed by atoms with van der Waals surface area (Å²) in [6.45, 7) is 2.24. The summed E-state index contributed by atoms with van der Waals surface area (Å²) in [5.41, 5.74) is 1.12. The number of nitrogens with one attached hydrogen (secondary N) is 1. The number of hydrogen-bond donors (Lipinski definition) is 1. The fraction of sp³-hybridized carbons (Fsp3) is 0.471. The van der Waals surface area contributed by atoms with Crippen molar-refractivity contribution in [2.24, 2.45) is 5.92 Å². The van der Waals surface area contributed by atoms with E-state index in [1.54, 1.807) is 31.1 Å². The molecule has 24 heavy (non-hydrogen) atoms. The molecule has 2 aromatic heterocycles. The van der Waals surface area contributed by atoms with Crippen molar-refractivity contribution in [2.45, 2.75) is 31.5 Å². The molecule has 2 aliphatic heterocycles. The van der Waals surface area contributed by atoms with Gasteiger partial charge in [0.1, 0.15) is 0 Å². The van der Waals surface area contributed by atoms with Crippen LogP contribution in [0.5, 0.6) is 0 Å². The Morgan fingerprint density at radius 3 is 3.17 bits per heavy atom. The summed E-state index contributed by atoms with van der Waals surface area (Å²) in [6, 6.07) is 2.34. The van der Waals surface area contributed by atoms with Crippen molar-refractivity contribution < 1.29 is 13.9 Å². The smallest absolute Gasteiger partial charge is 0.230 e. The van der Waals surface area contributed by atoms with Crippen LogP contribution in [0.1, 0.15) is 18.4 Å². The number of aromatic nitrogens is 2. The summed E-state index contributed by atoms with van der Waals surface area (Å²) in [5.74, 6) is 0.332. The van der Waals surface area contributed by atoms with Crippen LogP contribution >= 0.6 is 0 Å². The first-order chi connectivity index (χ1) is 11.8. The van der Waals surface area contributed by atoms with Gasteiger partial charge in [0.2, 0.25) is 5.91 Å². The standard InChI is InChI=1S/C17H20N4O3/c22-17(20-16-8-18-3-4-19-16)13-7-15-14(2-6-24-15)21(10-13)9-12-1-5-23-11-12/h1,3-5,8,11,13-15H,2,6-7,9-10H2,(H,19,20,22)/t13-,14-,15-/m1/s1. The zero-order valence-electron chi connectivity index (χ0n) is 13.3. The number of carbonyl (C=O) groups excluding carboxylic acids is 1. The highest BCUT2D eigenvalue weighted by atomic mass is 16.5. The van der Waals surface area contributed by atoms with Crippen LogP contribution < -0.4 is 5.32 Å². The summed E-state index contributed by atoms with van der Waals surface area (Å²) in [6.07, 6.45) is 10.0. The van der Waals surface area contributed by atoms with E-state index in [4.69, 9.17) is 9.15 Å². The van der Waals surface area contributed by atoms with Crippen LogP contribution in [-0.2, 0) is 16.1 Å². The molecule has 1 N–H and O–H groups in total. The van der Waals surface area contributed by atoms with Crippen molar-refractivity contribution in [3.63, 3.8) is 0 Å². The number of hydrogen-bond acceptors (Lipinski definition) is 6. The number of carbonyl (C=O) groups is 1. The lowest BCUT2D eigenvalue weighted by molar-refractivity contribution is -0.124. The molecular weight excluding hydrogens is 308 g/mol. The number of rotatable bonds is 4. The van der Waals surface area contributed by atoms with Crippen LogP contribution in [0.3, 0.4) is 0 Å². The molecule has 0 aliphatic carbocycles. The van der Waals surface area contributed by atoms with Gasteiger partial charge in [0.25, 0.3) is 0 Å². The van der Waals surface area contributed by atoms with Gasteiger partial charge in [0.15, 0.2) is 5.82 Å². The zero-order valence-corrected chi connectivity index (χ0v) is 13.3. The molecule has 0 unspecified atom stereocenters. The largest absolute Gasteiger partial charge is 0.472 e. The van der Waals surface area contributed by atoms with Gasteiger partial charge in [0, 0.05) is 43.7 Å². The maximum atomic E-state index is 12.6. The average Bonchev–Trinajstić information content (AvgIpc) is 3.27. The summed E-state index contributed by atoms with van der Waals surface area (Å²) in [4.78, 5) is 23.1. The first-order valence-corrected chi connectivity index (χ1v) is 8.23. The van der Waals surface area contributed by atoms with Crippen molar-refractivity contribution in [3.8, 4) is 0 Å². The molecule has 7 nitrogen and oxygen atoms in total. The second kappa shape index (κ2) is 6.70. The third-order valence-electron chi connectivity index (χ3n) is 4.77. The number of likely N-dealkylation sites (tertiary alicyclic amines) is 1. The van der Waals surface area contributed by atoms with E-state index in [-0.39, 0.29) is 17.9 Å². The van der Waals surface area contributed by atoms with Crippen molar-refractivity contribution in [1.29, 1.82) is 0 Å². The molecule has 2 aromatic rings. The third-order valence-corrected chi connectivity index (χ3v) is 4.77. The highest BCUT2D eigenvalue weighted by Gasteiger charge is 2.42. The first kappa shape index (κ1) is 15.3. The van der Waals surface area contributed by atoms with Crippen molar-refractivity contribution >= 4 is 11.7 Å². The van der Waals surface area contributed by atoms with E-state index >= 15 is 0 Å². The minimum absolute atomic E-state index is 0.0263. The van der Waals surface area contributed by atoms with Gasteiger partial charge >= 0.3 is 0 Å². The van der Waals surface area contributed by atoms with Crippen LogP contribution in [0.25, 0.3) is 0 Å². The van der Waals surface area contributed by atoms with E-state index in [0.29, 0.717) is 18.4 Å². The van der Waals surface area contributed by atoms with E-state index in [0.717, 1.165) is 31.6 Å². The van der Waals surface area contributed by atoms with Crippen LogP contribution in [0.2, 0.25) is 0 Å². The van der Waals surface area contributed by atoms with E-state index in [9.17, 15) is 4.79 Å². The normalized spacial score (nSPS) is 26.9. The van der Waals surface area contributed by atoms with Gasteiger partial charge < -0.3 is 14.5 Å². The van der Waals surface area contributed by atoms with Gasteiger partial charge in [0.05, 0.1) is 30.7 Å². The zero-order chi connectivity index (χ0) is 16.4. The van der Waals surface area contributed by atoms with Crippen LogP contribution in [0.4, 0.5) is 5.82 Å². The molecule has 4 rings (SSSR count). The molecule has 126 valence electrons. The quantitative estimate of drug-likeness (QED) is 0.920. The average molecular weight is 328 g/mol. The van der Waals surface area contributed by atoms with E-state index in [2.05, 4.69) is 20.2 Å². The number of furan rings is 1. The van der Waals surface area contributed by atoms with Gasteiger partial charge in [-0.25, -0.2) is 4.98 Å². The van der Waals surface area contributed by atoms with Crippen LogP contribution in [0, 0.1) is 5.92 Å². The van der Waals surface area contributed by atoms with Gasteiger partial charge in [-0.1, -0.05) is 0 Å². The summed E-state index contributed by atoms with van der Waals surface area (Å²) < 4.78 is 11.0. The Bertz CT molecular complexity index is 676. The fourth-order valence-electron chi connectivity index (χ4n) is 3.63. The number of anilines is 1. The molecule has 0 radical (unpaired) electrons. The lowest BCUT2D eigenvalue weighted by atomic mass is 9.89. The molecule has 4 heterocycles. The Kier molecular flexibility index (Phi) is 4.27. The molecule has 1 amide bonds. The summed E-state index contributed by atoms with van der Waals surface area (Å²) in [7, 11) is 0. The molecule has 0 bridgehead atoms. The molecule has 2 saturated heterocycles. The maximum Gasteiger partial charge on any atom is 0.230 e. The molecule has 7 heteroatoms. The van der Waals surface area contributed by atoms with Gasteiger partial charge in [-0.05, 0) is 18.9 Å². The SMILES string of the molecule is O=C(Nc1cnccn1)[C@@H]1C[C@H]2OCC[C@H]2N(Cc2ccoc2)C1. The van der Waals surface area contributed by atoms with E-state index in [1.807, 2.05) is 6.07 Å². The molecular formula is C17H20N4O3. The van der Waals surface area contributed by atoms with E-state index < -0.39 is 0 Å². The molecule has 2 fully saturated rings. The second-order valence-corrected chi connectivity index (χ2v) is 6.34. The van der Waals surface area contributed by atoms with Crippen molar-refractivity contribution in [2.75, 3.05) is 18.5 Å². The molecule has 3 atom stereocenters. The number of fused-ring (bicyclic) bond motifs is 1. The topological polar surface area (TPSA) is 80.5 Å². The molecule has 0 spiro atoms. The molecule has 0 aromatic carbocycles. The highest BCUT2D eigenvalue weighted by Crippen LogP contribution is 2.32. The monoisotopic (exact) mass is 328 g/mol. The maximum absolute atomic E-state index is 12.6. The number of ether oxygens (including phenoxy) is 1. The Hall–Kier alpha value is -2.25. The van der Waals surface area contributed by atoms with Gasteiger partial charge in [-0.2, -0.15) is 0 Å². The Morgan fingerprint density at radius 1 is 1.42 bits per heavy atom. The first-order valence-electron chi connectivity index (χ1n) is 8.23. The predicted octanol–water partition coefficient (Wildman–Crippen LogP) is 1.69. The Morgan fingerprint density at radius 2 is 2.38 bits per heavy atom. The number of piperidine rings is 1. The number of nitrogens with zero attached hydrogens (tertiary/aromatic N) is 3. The minimum atomic E-state index is -0.127. The Labute approximate surface area is 140 Å². The number of amides is 1. The minimum Gasteiger partial charge on any atom is -0.472 e. The Balaban J connectivity index is 1.46. The second-order valence-electron chi connectivity index (χ2n) is 6.34. The van der Waals surface area contributed by atoms with Crippen LogP contribution in [-0.4, -0.2) is 46.1 Å².